The minimum absolute atomic E-state index is 0.863. The fraction of sp³-hybridized carbons (Fsp3) is 0.583. The summed E-state index contributed by atoms with van der Waals surface area (Å²) in [6, 6.07) is 4.18. The van der Waals surface area contributed by atoms with Gasteiger partial charge in [-0.2, -0.15) is 11.8 Å². The van der Waals surface area contributed by atoms with E-state index >= 15 is 0 Å². The molecule has 1 fully saturated rings. The second-order valence-corrected chi connectivity index (χ2v) is 5.35. The number of nitrogens with one attached hydrogen (secondary N) is 1. The molecule has 0 aliphatic carbocycles. The standard InChI is InChI=1S/C12H18N2S/c1-2-12(15-9-1)10-14-8-5-11-3-6-13-7-4-11/h3-4,6-7,12,14H,1-2,5,8-10H2. The largest absolute Gasteiger partial charge is 0.315 e. The number of hydrogen-bond donors (Lipinski definition) is 1. The van der Waals surface area contributed by atoms with Crippen LogP contribution in [0.15, 0.2) is 24.5 Å². The Balaban J connectivity index is 1.59. The molecule has 1 aromatic rings. The van der Waals surface area contributed by atoms with E-state index < -0.39 is 0 Å². The predicted octanol–water partition coefficient (Wildman–Crippen LogP) is 2.11. The second-order valence-electron chi connectivity index (χ2n) is 3.94. The average Bonchev–Trinajstić information content (AvgIpc) is 2.79. The second kappa shape index (κ2) is 6.13. The first-order chi connectivity index (χ1) is 7.45. The molecule has 0 bridgehead atoms. The third kappa shape index (κ3) is 3.84. The minimum Gasteiger partial charge on any atom is -0.315 e. The summed E-state index contributed by atoms with van der Waals surface area (Å²) in [5, 5.41) is 4.40. The maximum Gasteiger partial charge on any atom is 0.0270 e. The summed E-state index contributed by atoms with van der Waals surface area (Å²) < 4.78 is 0. The highest BCUT2D eigenvalue weighted by molar-refractivity contribution is 8.00. The van der Waals surface area contributed by atoms with Crippen molar-refractivity contribution in [1.82, 2.24) is 10.3 Å². The van der Waals surface area contributed by atoms with Gasteiger partial charge in [-0.3, -0.25) is 4.98 Å². The van der Waals surface area contributed by atoms with Gasteiger partial charge in [0.1, 0.15) is 0 Å². The normalized spacial score (nSPS) is 20.7. The van der Waals surface area contributed by atoms with Crippen molar-refractivity contribution < 1.29 is 0 Å². The zero-order valence-corrected chi connectivity index (χ0v) is 9.80. The lowest BCUT2D eigenvalue weighted by molar-refractivity contribution is 0.644. The summed E-state index contributed by atoms with van der Waals surface area (Å²) in [7, 11) is 0. The lowest BCUT2D eigenvalue weighted by Crippen LogP contribution is -2.25. The molecule has 3 heteroatoms. The molecule has 1 aliphatic heterocycles. The van der Waals surface area contributed by atoms with Crippen LogP contribution in [0.3, 0.4) is 0 Å². The van der Waals surface area contributed by atoms with Gasteiger partial charge in [-0.05, 0) is 49.3 Å². The van der Waals surface area contributed by atoms with Gasteiger partial charge in [-0.25, -0.2) is 0 Å². The first kappa shape index (κ1) is 11.0. The molecule has 0 radical (unpaired) electrons. The van der Waals surface area contributed by atoms with Gasteiger partial charge in [0.05, 0.1) is 0 Å². The van der Waals surface area contributed by atoms with Crippen LogP contribution in [0, 0.1) is 0 Å². The Bertz CT molecular complexity index is 270. The molecule has 0 amide bonds. The van der Waals surface area contributed by atoms with Gasteiger partial charge in [-0.1, -0.05) is 0 Å². The maximum absolute atomic E-state index is 4.01. The third-order valence-electron chi connectivity index (χ3n) is 2.74. The molecule has 1 aliphatic rings. The van der Waals surface area contributed by atoms with Crippen molar-refractivity contribution in [3.8, 4) is 0 Å². The Morgan fingerprint density at radius 3 is 3.00 bits per heavy atom. The highest BCUT2D eigenvalue weighted by Gasteiger charge is 2.14. The summed E-state index contributed by atoms with van der Waals surface area (Å²) in [5.41, 5.74) is 1.37. The van der Waals surface area contributed by atoms with Crippen LogP contribution in [0.5, 0.6) is 0 Å². The maximum atomic E-state index is 4.01. The Morgan fingerprint density at radius 2 is 2.27 bits per heavy atom. The molecule has 1 atom stereocenters. The van der Waals surface area contributed by atoms with Crippen molar-refractivity contribution >= 4 is 11.8 Å². The van der Waals surface area contributed by atoms with Gasteiger partial charge in [0.2, 0.25) is 0 Å². The molecule has 15 heavy (non-hydrogen) atoms. The van der Waals surface area contributed by atoms with E-state index in [2.05, 4.69) is 34.2 Å². The van der Waals surface area contributed by atoms with E-state index in [0.717, 1.165) is 18.2 Å². The van der Waals surface area contributed by atoms with E-state index in [0.29, 0.717) is 0 Å². The molecule has 0 spiro atoms. The summed E-state index contributed by atoms with van der Waals surface area (Å²) in [5.74, 6) is 1.36. The monoisotopic (exact) mass is 222 g/mol. The minimum atomic E-state index is 0.863. The molecule has 0 aromatic carbocycles. The van der Waals surface area contributed by atoms with E-state index in [1.54, 1.807) is 0 Å². The SMILES string of the molecule is c1cc(CCNCC2CCCS2)ccn1. The number of aromatic nitrogens is 1. The lowest BCUT2D eigenvalue weighted by Gasteiger charge is -2.09. The smallest absolute Gasteiger partial charge is 0.0270 e. The van der Waals surface area contributed by atoms with Gasteiger partial charge >= 0.3 is 0 Å². The highest BCUT2D eigenvalue weighted by atomic mass is 32.2. The lowest BCUT2D eigenvalue weighted by atomic mass is 10.2. The predicted molar refractivity (Wildman–Crippen MR) is 66.3 cm³/mol. The Morgan fingerprint density at radius 1 is 1.40 bits per heavy atom. The van der Waals surface area contributed by atoms with Gasteiger partial charge < -0.3 is 5.32 Å². The van der Waals surface area contributed by atoms with E-state index in [4.69, 9.17) is 0 Å². The van der Waals surface area contributed by atoms with Crippen LogP contribution in [-0.4, -0.2) is 29.1 Å². The molecule has 82 valence electrons. The van der Waals surface area contributed by atoms with Gasteiger partial charge in [0.15, 0.2) is 0 Å². The Hall–Kier alpha value is -0.540. The molecule has 1 saturated heterocycles. The first-order valence-corrected chi connectivity index (χ1v) is 6.71. The highest BCUT2D eigenvalue weighted by Crippen LogP contribution is 2.25. The van der Waals surface area contributed by atoms with Crippen LogP contribution >= 0.6 is 11.8 Å². The van der Waals surface area contributed by atoms with Gasteiger partial charge in [0, 0.05) is 24.2 Å². The summed E-state index contributed by atoms with van der Waals surface area (Å²) >= 11 is 2.12. The van der Waals surface area contributed by atoms with Crippen molar-refractivity contribution in [2.24, 2.45) is 0 Å². The number of hydrogen-bond acceptors (Lipinski definition) is 3. The van der Waals surface area contributed by atoms with Crippen molar-refractivity contribution in [2.75, 3.05) is 18.8 Å². The van der Waals surface area contributed by atoms with Crippen molar-refractivity contribution in [3.05, 3.63) is 30.1 Å². The van der Waals surface area contributed by atoms with Crippen LogP contribution in [0.1, 0.15) is 18.4 Å². The van der Waals surface area contributed by atoms with Crippen molar-refractivity contribution in [1.29, 1.82) is 0 Å². The zero-order valence-electron chi connectivity index (χ0n) is 8.98. The number of thioether (sulfide) groups is 1. The van der Waals surface area contributed by atoms with Crippen LogP contribution in [-0.2, 0) is 6.42 Å². The van der Waals surface area contributed by atoms with Gasteiger partial charge in [-0.15, -0.1) is 0 Å². The molecule has 2 nitrogen and oxygen atoms in total. The van der Waals surface area contributed by atoms with Crippen molar-refractivity contribution in [2.45, 2.75) is 24.5 Å². The van der Waals surface area contributed by atoms with Crippen LogP contribution in [0.25, 0.3) is 0 Å². The summed E-state index contributed by atoms with van der Waals surface area (Å²) in [6.07, 6.45) is 7.64. The van der Waals surface area contributed by atoms with Gasteiger partial charge in [0.25, 0.3) is 0 Å². The summed E-state index contributed by atoms with van der Waals surface area (Å²) in [6.45, 7) is 2.26. The molecule has 1 aromatic heterocycles. The summed E-state index contributed by atoms with van der Waals surface area (Å²) in [4.78, 5) is 4.01. The molecule has 1 unspecified atom stereocenters. The molecular weight excluding hydrogens is 204 g/mol. The molecule has 2 heterocycles. The first-order valence-electron chi connectivity index (χ1n) is 5.66. The fourth-order valence-corrected chi connectivity index (χ4v) is 3.09. The number of nitrogens with zero attached hydrogens (tertiary/aromatic N) is 1. The van der Waals surface area contributed by atoms with E-state index in [1.165, 1.54) is 30.7 Å². The topological polar surface area (TPSA) is 24.9 Å². The van der Waals surface area contributed by atoms with Crippen molar-refractivity contribution in [3.63, 3.8) is 0 Å². The van der Waals surface area contributed by atoms with E-state index in [9.17, 15) is 0 Å². The Labute approximate surface area is 95.9 Å². The Kier molecular flexibility index (Phi) is 4.48. The third-order valence-corrected chi connectivity index (χ3v) is 4.13. The molecule has 1 N–H and O–H groups in total. The van der Waals surface area contributed by atoms with E-state index in [1.807, 2.05) is 12.4 Å². The van der Waals surface area contributed by atoms with Crippen LogP contribution in [0.4, 0.5) is 0 Å². The number of rotatable bonds is 5. The number of pyridine rings is 1. The van der Waals surface area contributed by atoms with Crippen LogP contribution in [0.2, 0.25) is 0 Å². The van der Waals surface area contributed by atoms with Crippen LogP contribution < -0.4 is 5.32 Å². The average molecular weight is 222 g/mol. The molecular formula is C12H18N2S. The molecule has 2 rings (SSSR count). The molecule has 0 saturated carbocycles. The fourth-order valence-electron chi connectivity index (χ4n) is 1.85. The zero-order chi connectivity index (χ0) is 10.3. The quantitative estimate of drug-likeness (QED) is 0.772. The van der Waals surface area contributed by atoms with E-state index in [-0.39, 0.29) is 0 Å².